The molecule has 0 aromatic carbocycles. The van der Waals surface area contributed by atoms with Gasteiger partial charge in [-0.15, -0.1) is 0 Å². The maximum Gasteiger partial charge on any atom is 0.236 e. The van der Waals surface area contributed by atoms with Crippen molar-refractivity contribution in [2.75, 3.05) is 13.1 Å². The number of fused-ring (bicyclic) bond motifs is 3. The zero-order chi connectivity index (χ0) is 18.3. The van der Waals surface area contributed by atoms with E-state index < -0.39 is 0 Å². The number of hydrogen-bond donors (Lipinski definition) is 1. The van der Waals surface area contributed by atoms with E-state index in [-0.39, 0.29) is 18.4 Å². The van der Waals surface area contributed by atoms with Crippen LogP contribution in [0.15, 0.2) is 24.7 Å². The Morgan fingerprint density at radius 3 is 3.04 bits per heavy atom. The van der Waals surface area contributed by atoms with Gasteiger partial charge in [0, 0.05) is 42.5 Å². The number of amides is 1. The highest BCUT2D eigenvalue weighted by Crippen LogP contribution is 2.35. The first kappa shape index (κ1) is 16.2. The Hall–Kier alpha value is -3.32. The molecule has 7 nitrogen and oxygen atoms in total. The van der Waals surface area contributed by atoms with Gasteiger partial charge >= 0.3 is 0 Å². The number of piperidine rings is 1. The fourth-order valence-corrected chi connectivity index (χ4v) is 3.91. The fourth-order valence-electron chi connectivity index (χ4n) is 3.91. The minimum absolute atomic E-state index is 0.0523. The van der Waals surface area contributed by atoms with Gasteiger partial charge in [0.15, 0.2) is 0 Å². The number of nitriles is 2. The van der Waals surface area contributed by atoms with Crippen molar-refractivity contribution in [1.29, 1.82) is 10.5 Å². The highest BCUT2D eigenvalue weighted by atomic mass is 16.2. The lowest BCUT2D eigenvalue weighted by Crippen LogP contribution is -2.43. The molecule has 0 spiro atoms. The van der Waals surface area contributed by atoms with Crippen LogP contribution in [0.1, 0.15) is 31.4 Å². The van der Waals surface area contributed by atoms with Crippen molar-refractivity contribution in [1.82, 2.24) is 19.4 Å². The highest BCUT2D eigenvalue weighted by molar-refractivity contribution is 6.05. The molecule has 1 amide bonds. The predicted molar refractivity (Wildman–Crippen MR) is 95.9 cm³/mol. The average Bonchev–Trinajstić information content (AvgIpc) is 3.26. The number of H-pyrrole nitrogens is 1. The van der Waals surface area contributed by atoms with Crippen molar-refractivity contribution in [2.45, 2.75) is 25.8 Å². The van der Waals surface area contributed by atoms with Gasteiger partial charge in [-0.25, -0.2) is 4.98 Å². The maximum atomic E-state index is 12.2. The van der Waals surface area contributed by atoms with Crippen LogP contribution in [0.4, 0.5) is 0 Å². The second kappa shape index (κ2) is 6.20. The minimum atomic E-state index is -0.130. The maximum absolute atomic E-state index is 12.2. The van der Waals surface area contributed by atoms with Crippen molar-refractivity contribution >= 4 is 27.8 Å². The van der Waals surface area contributed by atoms with Gasteiger partial charge < -0.3 is 14.5 Å². The highest BCUT2D eigenvalue weighted by Gasteiger charge is 2.31. The number of carbonyl (C=O) groups is 1. The molecular weight excluding hydrogens is 328 g/mol. The van der Waals surface area contributed by atoms with Gasteiger partial charge in [-0.2, -0.15) is 10.5 Å². The van der Waals surface area contributed by atoms with E-state index in [2.05, 4.69) is 27.5 Å². The lowest BCUT2D eigenvalue weighted by Gasteiger charge is -2.38. The van der Waals surface area contributed by atoms with Crippen LogP contribution in [0.5, 0.6) is 0 Å². The van der Waals surface area contributed by atoms with Gasteiger partial charge in [-0.1, -0.05) is 6.92 Å². The van der Waals surface area contributed by atoms with Crippen LogP contribution < -0.4 is 0 Å². The molecule has 0 radical (unpaired) electrons. The molecule has 1 fully saturated rings. The fraction of sp³-hybridized carbons (Fsp3) is 0.368. The Kier molecular flexibility index (Phi) is 3.85. The van der Waals surface area contributed by atoms with E-state index in [9.17, 15) is 10.1 Å². The summed E-state index contributed by atoms with van der Waals surface area (Å²) < 4.78 is 2.13. The number of nitrogens with zero attached hydrogens (tertiary/aromatic N) is 5. The molecule has 4 heterocycles. The molecule has 2 atom stereocenters. The van der Waals surface area contributed by atoms with Gasteiger partial charge in [0.1, 0.15) is 18.1 Å². The number of likely N-dealkylation sites (tertiary alicyclic amines) is 1. The zero-order valence-corrected chi connectivity index (χ0v) is 14.4. The quantitative estimate of drug-likeness (QED) is 0.770. The summed E-state index contributed by atoms with van der Waals surface area (Å²) in [6.45, 7) is 3.39. The Morgan fingerprint density at radius 2 is 2.27 bits per heavy atom. The zero-order valence-electron chi connectivity index (χ0n) is 14.4. The van der Waals surface area contributed by atoms with Crippen LogP contribution in [-0.4, -0.2) is 38.4 Å². The summed E-state index contributed by atoms with van der Waals surface area (Å²) in [6, 6.07) is 6.22. The molecule has 1 aliphatic rings. The molecule has 0 bridgehead atoms. The third-order valence-corrected chi connectivity index (χ3v) is 5.35. The normalized spacial score (nSPS) is 20.2. The largest absolute Gasteiger partial charge is 0.346 e. The summed E-state index contributed by atoms with van der Waals surface area (Å²) in [5.41, 5.74) is 2.34. The second-order valence-electron chi connectivity index (χ2n) is 6.83. The van der Waals surface area contributed by atoms with Crippen LogP contribution in [0, 0.1) is 28.6 Å². The summed E-state index contributed by atoms with van der Waals surface area (Å²) in [4.78, 5) is 21.5. The Labute approximate surface area is 150 Å². The Bertz CT molecular complexity index is 1080. The van der Waals surface area contributed by atoms with E-state index in [4.69, 9.17) is 5.26 Å². The topological polar surface area (TPSA) is 102 Å². The standard InChI is InChI=1S/C19H18N6O/c1-12-4-7-24(17(26)2-5-20)11-16(12)25-10-13(8-21)15-9-23-19-14(18(15)25)3-6-22-19/h3,6,9-10,12,16H,2,4,7,11H2,1H3,(H,22,23)/t12-,16+/m1/s1. The van der Waals surface area contributed by atoms with Gasteiger partial charge in [-0.05, 0) is 18.4 Å². The van der Waals surface area contributed by atoms with E-state index in [0.29, 0.717) is 24.6 Å². The molecule has 4 rings (SSSR count). The van der Waals surface area contributed by atoms with Crippen LogP contribution in [0.3, 0.4) is 0 Å². The predicted octanol–water partition coefficient (Wildman–Crippen LogP) is 2.71. The van der Waals surface area contributed by atoms with Gasteiger partial charge in [0.05, 0.1) is 23.2 Å². The number of pyridine rings is 1. The molecule has 1 N–H and O–H groups in total. The Morgan fingerprint density at radius 1 is 1.42 bits per heavy atom. The first-order valence-electron chi connectivity index (χ1n) is 8.65. The summed E-state index contributed by atoms with van der Waals surface area (Å²) in [5.74, 6) is 0.222. The first-order chi connectivity index (χ1) is 12.6. The van der Waals surface area contributed by atoms with Gasteiger partial charge in [0.25, 0.3) is 0 Å². The molecule has 0 saturated carbocycles. The smallest absolute Gasteiger partial charge is 0.236 e. The monoisotopic (exact) mass is 346 g/mol. The van der Waals surface area contributed by atoms with Crippen molar-refractivity contribution in [3.63, 3.8) is 0 Å². The number of rotatable bonds is 2. The molecule has 0 aliphatic carbocycles. The molecule has 3 aromatic heterocycles. The molecule has 1 aliphatic heterocycles. The van der Waals surface area contributed by atoms with Crippen LogP contribution in [-0.2, 0) is 4.79 Å². The molecule has 26 heavy (non-hydrogen) atoms. The van der Waals surface area contributed by atoms with Crippen molar-refractivity contribution in [3.05, 3.63) is 30.2 Å². The molecule has 1 saturated heterocycles. The van der Waals surface area contributed by atoms with Crippen LogP contribution in [0.2, 0.25) is 0 Å². The third kappa shape index (κ3) is 2.41. The minimum Gasteiger partial charge on any atom is -0.346 e. The van der Waals surface area contributed by atoms with Crippen LogP contribution in [0.25, 0.3) is 21.9 Å². The van der Waals surface area contributed by atoms with Gasteiger partial charge in [0.2, 0.25) is 5.91 Å². The number of carbonyl (C=O) groups excluding carboxylic acids is 1. The number of hydrogen-bond acceptors (Lipinski definition) is 4. The summed E-state index contributed by atoms with van der Waals surface area (Å²) in [6.07, 6.45) is 6.22. The first-order valence-corrected chi connectivity index (χ1v) is 8.65. The summed E-state index contributed by atoms with van der Waals surface area (Å²) in [5, 5.41) is 20.2. The van der Waals surface area contributed by atoms with Crippen molar-refractivity contribution in [3.8, 4) is 12.1 Å². The summed E-state index contributed by atoms with van der Waals surface area (Å²) >= 11 is 0. The number of nitrogens with one attached hydrogen (secondary N) is 1. The van der Waals surface area contributed by atoms with E-state index in [1.165, 1.54) is 0 Å². The summed E-state index contributed by atoms with van der Waals surface area (Å²) in [7, 11) is 0. The average molecular weight is 346 g/mol. The lowest BCUT2D eigenvalue weighted by atomic mass is 9.92. The van der Waals surface area contributed by atoms with E-state index in [0.717, 1.165) is 28.4 Å². The number of aromatic nitrogens is 3. The van der Waals surface area contributed by atoms with Crippen molar-refractivity contribution < 1.29 is 4.79 Å². The second-order valence-corrected chi connectivity index (χ2v) is 6.83. The van der Waals surface area contributed by atoms with E-state index in [1.54, 1.807) is 11.1 Å². The third-order valence-electron chi connectivity index (χ3n) is 5.35. The molecule has 0 unspecified atom stereocenters. The molecular formula is C19H18N6O. The lowest BCUT2D eigenvalue weighted by molar-refractivity contribution is -0.132. The van der Waals surface area contributed by atoms with Crippen molar-refractivity contribution in [2.24, 2.45) is 5.92 Å². The molecule has 3 aromatic rings. The molecule has 130 valence electrons. The molecule has 7 heteroatoms. The van der Waals surface area contributed by atoms with Crippen LogP contribution >= 0.6 is 0 Å². The Balaban J connectivity index is 1.85. The SMILES string of the molecule is C[C@@H]1CCN(C(=O)CC#N)C[C@@H]1n1cc(C#N)c2cnc3[nH]ccc3c21. The van der Waals surface area contributed by atoms with E-state index in [1.807, 2.05) is 24.5 Å². The van der Waals surface area contributed by atoms with Gasteiger partial charge in [-0.3, -0.25) is 4.79 Å². The van der Waals surface area contributed by atoms with E-state index >= 15 is 0 Å². The number of aromatic amines is 1.